The first kappa shape index (κ1) is 10.9. The van der Waals surface area contributed by atoms with E-state index in [0.717, 1.165) is 21.8 Å². The first-order chi connectivity index (χ1) is 7.70. The van der Waals surface area contributed by atoms with Gasteiger partial charge in [0.2, 0.25) is 5.95 Å². The van der Waals surface area contributed by atoms with Gasteiger partial charge in [-0.2, -0.15) is 0 Å². The molecular formula is C12H12ClN3. The van der Waals surface area contributed by atoms with E-state index in [1.54, 1.807) is 7.05 Å². The van der Waals surface area contributed by atoms with Crippen molar-refractivity contribution in [3.05, 3.63) is 41.2 Å². The monoisotopic (exact) mass is 233 g/mol. The molecule has 16 heavy (non-hydrogen) atoms. The summed E-state index contributed by atoms with van der Waals surface area (Å²) in [6.45, 7) is 1.96. The first-order valence-corrected chi connectivity index (χ1v) is 5.36. The van der Waals surface area contributed by atoms with Crippen molar-refractivity contribution < 1.29 is 0 Å². The number of anilines is 1. The zero-order valence-corrected chi connectivity index (χ0v) is 9.92. The molecule has 2 aromatic rings. The zero-order valence-electron chi connectivity index (χ0n) is 9.16. The van der Waals surface area contributed by atoms with Crippen LogP contribution in [0, 0.1) is 6.92 Å². The fraction of sp³-hybridized carbons (Fsp3) is 0.167. The van der Waals surface area contributed by atoms with Gasteiger partial charge in [-0.15, -0.1) is 0 Å². The topological polar surface area (TPSA) is 37.8 Å². The number of benzene rings is 1. The third kappa shape index (κ3) is 2.14. The molecule has 0 saturated heterocycles. The van der Waals surface area contributed by atoms with E-state index in [2.05, 4.69) is 15.3 Å². The number of nitrogens with one attached hydrogen (secondary N) is 1. The summed E-state index contributed by atoms with van der Waals surface area (Å²) in [4.78, 5) is 8.54. The maximum atomic E-state index is 5.85. The maximum absolute atomic E-state index is 5.85. The van der Waals surface area contributed by atoms with Gasteiger partial charge in [0.05, 0.1) is 5.69 Å². The van der Waals surface area contributed by atoms with Crippen molar-refractivity contribution in [2.75, 3.05) is 12.4 Å². The molecule has 0 fully saturated rings. The summed E-state index contributed by atoms with van der Waals surface area (Å²) in [7, 11) is 1.80. The minimum absolute atomic E-state index is 0.634. The van der Waals surface area contributed by atoms with Gasteiger partial charge in [-0.05, 0) is 24.6 Å². The third-order valence-corrected chi connectivity index (χ3v) is 2.61. The largest absolute Gasteiger partial charge is 0.357 e. The van der Waals surface area contributed by atoms with Crippen molar-refractivity contribution >= 4 is 17.5 Å². The standard InChI is InChI=1S/C12H12ClN3/c1-8-11(7-15-12(14-2)16-8)9-3-5-10(13)6-4-9/h3-7H,1-2H3,(H,14,15,16). The van der Waals surface area contributed by atoms with Crippen LogP contribution in [0.5, 0.6) is 0 Å². The molecule has 1 aromatic heterocycles. The van der Waals surface area contributed by atoms with Crippen molar-refractivity contribution in [1.29, 1.82) is 0 Å². The molecule has 1 heterocycles. The lowest BCUT2D eigenvalue weighted by atomic mass is 10.1. The number of rotatable bonds is 2. The minimum atomic E-state index is 0.634. The van der Waals surface area contributed by atoms with Crippen LogP contribution < -0.4 is 5.32 Å². The van der Waals surface area contributed by atoms with Crippen LogP contribution >= 0.6 is 11.6 Å². The second-order valence-corrected chi connectivity index (χ2v) is 3.89. The lowest BCUT2D eigenvalue weighted by molar-refractivity contribution is 1.10. The Morgan fingerprint density at radius 2 is 1.88 bits per heavy atom. The summed E-state index contributed by atoms with van der Waals surface area (Å²) in [5, 5.41) is 3.64. The number of hydrogen-bond acceptors (Lipinski definition) is 3. The van der Waals surface area contributed by atoms with Crippen LogP contribution in [0.15, 0.2) is 30.5 Å². The quantitative estimate of drug-likeness (QED) is 0.866. The molecule has 1 aromatic carbocycles. The van der Waals surface area contributed by atoms with Gasteiger partial charge in [-0.1, -0.05) is 23.7 Å². The highest BCUT2D eigenvalue weighted by atomic mass is 35.5. The van der Waals surface area contributed by atoms with Gasteiger partial charge in [-0.3, -0.25) is 0 Å². The Bertz CT molecular complexity index is 494. The van der Waals surface area contributed by atoms with E-state index >= 15 is 0 Å². The van der Waals surface area contributed by atoms with Crippen LogP contribution in [0.1, 0.15) is 5.69 Å². The van der Waals surface area contributed by atoms with Gasteiger partial charge < -0.3 is 5.32 Å². The van der Waals surface area contributed by atoms with Crippen molar-refractivity contribution in [1.82, 2.24) is 9.97 Å². The highest BCUT2D eigenvalue weighted by Crippen LogP contribution is 2.23. The Morgan fingerprint density at radius 3 is 2.44 bits per heavy atom. The summed E-state index contributed by atoms with van der Waals surface area (Å²) in [6, 6.07) is 7.66. The molecule has 0 aliphatic heterocycles. The van der Waals surface area contributed by atoms with E-state index in [9.17, 15) is 0 Å². The van der Waals surface area contributed by atoms with E-state index in [0.29, 0.717) is 5.95 Å². The van der Waals surface area contributed by atoms with Crippen molar-refractivity contribution in [2.45, 2.75) is 6.92 Å². The van der Waals surface area contributed by atoms with E-state index in [4.69, 9.17) is 11.6 Å². The van der Waals surface area contributed by atoms with Crippen LogP contribution in [-0.4, -0.2) is 17.0 Å². The molecule has 0 atom stereocenters. The van der Waals surface area contributed by atoms with E-state index in [1.807, 2.05) is 37.4 Å². The highest BCUT2D eigenvalue weighted by molar-refractivity contribution is 6.30. The number of aromatic nitrogens is 2. The predicted molar refractivity (Wildman–Crippen MR) is 66.8 cm³/mol. The zero-order chi connectivity index (χ0) is 11.5. The second-order valence-electron chi connectivity index (χ2n) is 3.45. The third-order valence-electron chi connectivity index (χ3n) is 2.36. The van der Waals surface area contributed by atoms with Crippen molar-refractivity contribution in [3.63, 3.8) is 0 Å². The number of hydrogen-bond donors (Lipinski definition) is 1. The number of nitrogens with zero attached hydrogens (tertiary/aromatic N) is 2. The lowest BCUT2D eigenvalue weighted by Crippen LogP contribution is -1.98. The van der Waals surface area contributed by atoms with Gasteiger partial charge >= 0.3 is 0 Å². The molecule has 0 saturated carbocycles. The molecule has 0 bridgehead atoms. The smallest absolute Gasteiger partial charge is 0.222 e. The van der Waals surface area contributed by atoms with E-state index in [-0.39, 0.29) is 0 Å². The Morgan fingerprint density at radius 1 is 1.19 bits per heavy atom. The summed E-state index contributed by atoms with van der Waals surface area (Å²) in [5.74, 6) is 0.634. The molecule has 1 N–H and O–H groups in total. The first-order valence-electron chi connectivity index (χ1n) is 4.98. The summed E-state index contributed by atoms with van der Waals surface area (Å²) >= 11 is 5.85. The van der Waals surface area contributed by atoms with E-state index in [1.165, 1.54) is 0 Å². The molecule has 82 valence electrons. The van der Waals surface area contributed by atoms with Gasteiger partial charge in [0.1, 0.15) is 0 Å². The summed E-state index contributed by atoms with van der Waals surface area (Å²) in [6.07, 6.45) is 1.82. The maximum Gasteiger partial charge on any atom is 0.222 e. The van der Waals surface area contributed by atoms with Gasteiger partial charge in [0, 0.05) is 23.8 Å². The molecular weight excluding hydrogens is 222 g/mol. The predicted octanol–water partition coefficient (Wildman–Crippen LogP) is 3.15. The SMILES string of the molecule is CNc1ncc(-c2ccc(Cl)cc2)c(C)n1. The number of aryl methyl sites for hydroxylation is 1. The molecule has 0 amide bonds. The Kier molecular flexibility index (Phi) is 3.06. The Labute approximate surface area is 99.5 Å². The second kappa shape index (κ2) is 4.49. The molecule has 0 spiro atoms. The highest BCUT2D eigenvalue weighted by Gasteiger charge is 2.04. The minimum Gasteiger partial charge on any atom is -0.357 e. The van der Waals surface area contributed by atoms with Crippen LogP contribution in [0.4, 0.5) is 5.95 Å². The van der Waals surface area contributed by atoms with Crippen LogP contribution in [0.3, 0.4) is 0 Å². The van der Waals surface area contributed by atoms with Crippen molar-refractivity contribution in [3.8, 4) is 11.1 Å². The normalized spacial score (nSPS) is 10.2. The van der Waals surface area contributed by atoms with Crippen LogP contribution in [0.25, 0.3) is 11.1 Å². The average molecular weight is 234 g/mol. The number of halogens is 1. The molecule has 0 aliphatic carbocycles. The molecule has 0 aliphatic rings. The molecule has 3 nitrogen and oxygen atoms in total. The lowest BCUT2D eigenvalue weighted by Gasteiger charge is -2.06. The van der Waals surface area contributed by atoms with Gasteiger partial charge in [0.25, 0.3) is 0 Å². The molecule has 0 unspecified atom stereocenters. The summed E-state index contributed by atoms with van der Waals surface area (Å²) in [5.41, 5.74) is 3.04. The van der Waals surface area contributed by atoms with Crippen molar-refractivity contribution in [2.24, 2.45) is 0 Å². The fourth-order valence-corrected chi connectivity index (χ4v) is 1.63. The van der Waals surface area contributed by atoms with Crippen LogP contribution in [-0.2, 0) is 0 Å². The Balaban J connectivity index is 2.44. The molecule has 2 rings (SSSR count). The molecule has 0 radical (unpaired) electrons. The Hall–Kier alpha value is -1.61. The van der Waals surface area contributed by atoms with Crippen LogP contribution in [0.2, 0.25) is 5.02 Å². The molecule has 4 heteroatoms. The van der Waals surface area contributed by atoms with E-state index < -0.39 is 0 Å². The summed E-state index contributed by atoms with van der Waals surface area (Å²) < 4.78 is 0. The average Bonchev–Trinajstić information content (AvgIpc) is 2.30. The fourth-order valence-electron chi connectivity index (χ4n) is 1.50. The van der Waals surface area contributed by atoms with Gasteiger partial charge in [-0.25, -0.2) is 9.97 Å². The van der Waals surface area contributed by atoms with Gasteiger partial charge in [0.15, 0.2) is 0 Å².